The number of nitrogen functional groups attached to an aromatic ring is 1. The Morgan fingerprint density at radius 2 is 2.18 bits per heavy atom. The average Bonchev–Trinajstić information content (AvgIpc) is 2.77. The lowest BCUT2D eigenvalue weighted by molar-refractivity contribution is -0.121. The van der Waals surface area contributed by atoms with E-state index in [4.69, 9.17) is 11.5 Å². The van der Waals surface area contributed by atoms with Crippen LogP contribution >= 0.6 is 0 Å². The smallest absolute Gasteiger partial charge is 0.221 e. The van der Waals surface area contributed by atoms with Gasteiger partial charge in [-0.05, 0) is 31.0 Å². The summed E-state index contributed by atoms with van der Waals surface area (Å²) in [5, 5.41) is 0. The Morgan fingerprint density at radius 1 is 1.41 bits per heavy atom. The SMILES string of the molecule is NC(=O)C1CCN(CCc2ccccc2N)C1. The third-order valence-electron chi connectivity index (χ3n) is 3.43. The second-order valence-electron chi connectivity index (χ2n) is 4.64. The number of hydrogen-bond acceptors (Lipinski definition) is 3. The van der Waals surface area contributed by atoms with E-state index in [-0.39, 0.29) is 11.8 Å². The highest BCUT2D eigenvalue weighted by molar-refractivity contribution is 5.77. The Hall–Kier alpha value is -1.55. The van der Waals surface area contributed by atoms with Crippen molar-refractivity contribution in [3.63, 3.8) is 0 Å². The number of hydrogen-bond donors (Lipinski definition) is 2. The molecule has 92 valence electrons. The molecule has 1 atom stereocenters. The normalized spacial score (nSPS) is 20.6. The van der Waals surface area contributed by atoms with Crippen LogP contribution in [0.1, 0.15) is 12.0 Å². The predicted molar refractivity (Wildman–Crippen MR) is 68.3 cm³/mol. The molecule has 0 aromatic heterocycles. The topological polar surface area (TPSA) is 72.4 Å². The zero-order valence-electron chi connectivity index (χ0n) is 9.93. The maximum atomic E-state index is 11.1. The summed E-state index contributed by atoms with van der Waals surface area (Å²) < 4.78 is 0. The molecule has 1 unspecified atom stereocenters. The second kappa shape index (κ2) is 5.19. The molecule has 0 radical (unpaired) electrons. The summed E-state index contributed by atoms with van der Waals surface area (Å²) in [5.41, 5.74) is 13.2. The van der Waals surface area contributed by atoms with Gasteiger partial charge in [0.1, 0.15) is 0 Å². The van der Waals surface area contributed by atoms with Crippen molar-refractivity contribution >= 4 is 11.6 Å². The predicted octanol–water partition coefficient (Wildman–Crippen LogP) is 0.618. The largest absolute Gasteiger partial charge is 0.399 e. The fourth-order valence-electron chi connectivity index (χ4n) is 2.31. The average molecular weight is 233 g/mol. The Labute approximate surface area is 102 Å². The molecule has 0 bridgehead atoms. The van der Waals surface area contributed by atoms with Gasteiger partial charge < -0.3 is 16.4 Å². The van der Waals surface area contributed by atoms with E-state index >= 15 is 0 Å². The first kappa shape index (κ1) is 11.9. The van der Waals surface area contributed by atoms with E-state index in [1.807, 2.05) is 18.2 Å². The quantitative estimate of drug-likeness (QED) is 0.749. The molecule has 1 fully saturated rings. The number of amides is 1. The van der Waals surface area contributed by atoms with Crippen molar-refractivity contribution < 1.29 is 4.79 Å². The number of carbonyl (C=O) groups excluding carboxylic acids is 1. The number of nitrogens with two attached hydrogens (primary N) is 2. The standard InChI is InChI=1S/C13H19N3O/c14-12-4-2-1-3-10(12)5-7-16-8-6-11(9-16)13(15)17/h1-4,11H,5-9,14H2,(H2,15,17). The van der Waals surface area contributed by atoms with Gasteiger partial charge in [0.2, 0.25) is 5.91 Å². The molecule has 4 heteroatoms. The molecule has 1 aromatic carbocycles. The molecule has 4 nitrogen and oxygen atoms in total. The summed E-state index contributed by atoms with van der Waals surface area (Å²) in [7, 11) is 0. The monoisotopic (exact) mass is 233 g/mol. The van der Waals surface area contributed by atoms with Crippen molar-refractivity contribution in [1.82, 2.24) is 4.90 Å². The molecule has 1 heterocycles. The van der Waals surface area contributed by atoms with E-state index in [0.717, 1.165) is 38.2 Å². The van der Waals surface area contributed by atoms with Crippen molar-refractivity contribution in [2.45, 2.75) is 12.8 Å². The molecule has 1 aliphatic rings. The molecule has 2 rings (SSSR count). The van der Waals surface area contributed by atoms with Crippen molar-refractivity contribution in [1.29, 1.82) is 0 Å². The van der Waals surface area contributed by atoms with Gasteiger partial charge in [-0.2, -0.15) is 0 Å². The minimum atomic E-state index is -0.174. The molecule has 1 amide bonds. The van der Waals surface area contributed by atoms with E-state index in [0.29, 0.717) is 0 Å². The Balaban J connectivity index is 1.84. The minimum Gasteiger partial charge on any atom is -0.399 e. The van der Waals surface area contributed by atoms with Crippen LogP contribution in [0, 0.1) is 5.92 Å². The summed E-state index contributed by atoms with van der Waals surface area (Å²) in [6.45, 7) is 2.69. The Morgan fingerprint density at radius 3 is 2.82 bits per heavy atom. The summed E-state index contributed by atoms with van der Waals surface area (Å²) in [6.07, 6.45) is 1.82. The molecule has 4 N–H and O–H groups in total. The number of benzene rings is 1. The number of rotatable bonds is 4. The lowest BCUT2D eigenvalue weighted by Gasteiger charge is -2.15. The van der Waals surface area contributed by atoms with Crippen LogP contribution in [-0.2, 0) is 11.2 Å². The fraction of sp³-hybridized carbons (Fsp3) is 0.462. The number of likely N-dealkylation sites (tertiary alicyclic amines) is 1. The molecular formula is C13H19N3O. The summed E-state index contributed by atoms with van der Waals surface area (Å²) in [4.78, 5) is 13.3. The van der Waals surface area contributed by atoms with Gasteiger partial charge in [-0.1, -0.05) is 18.2 Å². The van der Waals surface area contributed by atoms with Gasteiger partial charge in [-0.15, -0.1) is 0 Å². The maximum Gasteiger partial charge on any atom is 0.221 e. The van der Waals surface area contributed by atoms with Crippen LogP contribution in [0.15, 0.2) is 24.3 Å². The second-order valence-corrected chi connectivity index (χ2v) is 4.64. The van der Waals surface area contributed by atoms with E-state index in [1.165, 1.54) is 5.56 Å². The molecular weight excluding hydrogens is 214 g/mol. The highest BCUT2D eigenvalue weighted by Crippen LogP contribution is 2.17. The molecule has 0 saturated carbocycles. The summed E-state index contributed by atoms with van der Waals surface area (Å²) >= 11 is 0. The van der Waals surface area contributed by atoms with Gasteiger partial charge in [-0.25, -0.2) is 0 Å². The third-order valence-corrected chi connectivity index (χ3v) is 3.43. The molecule has 17 heavy (non-hydrogen) atoms. The minimum absolute atomic E-state index is 0.0307. The Kier molecular flexibility index (Phi) is 3.64. The van der Waals surface area contributed by atoms with E-state index < -0.39 is 0 Å². The molecule has 1 aromatic rings. The molecule has 1 aliphatic heterocycles. The van der Waals surface area contributed by atoms with Crippen molar-refractivity contribution in [2.24, 2.45) is 11.7 Å². The number of primary amides is 1. The van der Waals surface area contributed by atoms with E-state index in [9.17, 15) is 4.79 Å². The van der Waals surface area contributed by atoms with Gasteiger partial charge in [-0.3, -0.25) is 4.79 Å². The highest BCUT2D eigenvalue weighted by atomic mass is 16.1. The number of nitrogens with zero attached hydrogens (tertiary/aromatic N) is 1. The van der Waals surface area contributed by atoms with Gasteiger partial charge in [0, 0.05) is 18.8 Å². The van der Waals surface area contributed by atoms with Crippen LogP contribution < -0.4 is 11.5 Å². The molecule has 0 spiro atoms. The van der Waals surface area contributed by atoms with Crippen LogP contribution in [0.2, 0.25) is 0 Å². The Bertz CT molecular complexity index is 405. The zero-order chi connectivity index (χ0) is 12.3. The van der Waals surface area contributed by atoms with Crippen molar-refractivity contribution in [2.75, 3.05) is 25.4 Å². The fourth-order valence-corrected chi connectivity index (χ4v) is 2.31. The first-order chi connectivity index (χ1) is 8.16. The molecule has 1 saturated heterocycles. The van der Waals surface area contributed by atoms with Gasteiger partial charge >= 0.3 is 0 Å². The van der Waals surface area contributed by atoms with Crippen LogP contribution in [0.25, 0.3) is 0 Å². The molecule has 0 aliphatic carbocycles. The number of para-hydroxylation sites is 1. The zero-order valence-corrected chi connectivity index (χ0v) is 9.93. The summed E-state index contributed by atoms with van der Waals surface area (Å²) in [6, 6.07) is 7.92. The third kappa shape index (κ3) is 2.97. The lowest BCUT2D eigenvalue weighted by Crippen LogP contribution is -2.28. The first-order valence-electron chi connectivity index (χ1n) is 6.02. The van der Waals surface area contributed by atoms with Crippen molar-refractivity contribution in [3.8, 4) is 0 Å². The van der Waals surface area contributed by atoms with Gasteiger partial charge in [0.05, 0.1) is 5.92 Å². The van der Waals surface area contributed by atoms with Gasteiger partial charge in [0.15, 0.2) is 0 Å². The van der Waals surface area contributed by atoms with E-state index in [1.54, 1.807) is 0 Å². The lowest BCUT2D eigenvalue weighted by atomic mass is 10.1. The first-order valence-corrected chi connectivity index (χ1v) is 6.02. The van der Waals surface area contributed by atoms with Gasteiger partial charge in [0.25, 0.3) is 0 Å². The number of anilines is 1. The van der Waals surface area contributed by atoms with Crippen LogP contribution in [0.5, 0.6) is 0 Å². The van der Waals surface area contributed by atoms with Crippen molar-refractivity contribution in [3.05, 3.63) is 29.8 Å². The number of carbonyl (C=O) groups is 1. The summed E-state index contributed by atoms with van der Waals surface area (Å²) in [5.74, 6) is -0.144. The van der Waals surface area contributed by atoms with Crippen LogP contribution in [-0.4, -0.2) is 30.4 Å². The van der Waals surface area contributed by atoms with E-state index in [2.05, 4.69) is 11.0 Å². The van der Waals surface area contributed by atoms with Crippen LogP contribution in [0.4, 0.5) is 5.69 Å². The van der Waals surface area contributed by atoms with Crippen LogP contribution in [0.3, 0.4) is 0 Å². The maximum absolute atomic E-state index is 11.1. The highest BCUT2D eigenvalue weighted by Gasteiger charge is 2.25.